The molecule has 0 atom stereocenters. The molecule has 0 spiro atoms. The van der Waals surface area contributed by atoms with Gasteiger partial charge in [0.25, 0.3) is 0 Å². The molecule has 1 fully saturated rings. The number of nitrogens with one attached hydrogen (secondary N) is 1. The Kier molecular flexibility index (Phi) is 17.7. The Morgan fingerprint density at radius 3 is 2.15 bits per heavy atom. The molecule has 0 aromatic heterocycles. The van der Waals surface area contributed by atoms with Crippen molar-refractivity contribution in [1.82, 2.24) is 15.1 Å². The minimum absolute atomic E-state index is 0.159. The second-order valence-corrected chi connectivity index (χ2v) is 9.96. The summed E-state index contributed by atoms with van der Waals surface area (Å²) >= 11 is 5.09. The lowest BCUT2D eigenvalue weighted by Crippen LogP contribution is -2.42. The largest absolute Gasteiger partial charge is 0.395 e. The van der Waals surface area contributed by atoms with Crippen LogP contribution in [0, 0.1) is 5.92 Å². The minimum atomic E-state index is -0.359. The highest BCUT2D eigenvalue weighted by Crippen LogP contribution is 2.23. The number of nitrogens with zero attached hydrogens (tertiary/aromatic N) is 2. The predicted octanol–water partition coefficient (Wildman–Crippen LogP) is 4.12. The summed E-state index contributed by atoms with van der Waals surface area (Å²) in [5.41, 5.74) is 0. The summed E-state index contributed by atoms with van der Waals surface area (Å²) in [5.74, 6) is 0.284. The smallest absolute Gasteiger partial charge is 0.324 e. The highest BCUT2D eigenvalue weighted by Gasteiger charge is 2.22. The molecule has 7 nitrogen and oxygen atoms in total. The Morgan fingerprint density at radius 2 is 1.58 bits per heavy atom. The first-order valence-corrected chi connectivity index (χ1v) is 13.4. The number of aliphatic hydroxyl groups excluding tert-OH is 1. The average Bonchev–Trinajstić information content (AvgIpc) is 3.33. The van der Waals surface area contributed by atoms with Crippen LogP contribution in [0.25, 0.3) is 0 Å². The van der Waals surface area contributed by atoms with Gasteiger partial charge in [0.15, 0.2) is 0 Å². The fraction of sp³-hybridized carbons (Fsp3) is 0.920. The fourth-order valence-electron chi connectivity index (χ4n) is 4.50. The zero-order valence-corrected chi connectivity index (χ0v) is 21.8. The molecule has 0 unspecified atom stereocenters. The highest BCUT2D eigenvalue weighted by molar-refractivity contribution is 6.13. The molecule has 1 rings (SSSR count). The summed E-state index contributed by atoms with van der Waals surface area (Å²) in [7, 11) is 0. The third-order valence-electron chi connectivity index (χ3n) is 6.46. The van der Waals surface area contributed by atoms with Crippen LogP contribution in [-0.4, -0.2) is 78.7 Å². The highest BCUT2D eigenvalue weighted by atomic mass is 35.5. The summed E-state index contributed by atoms with van der Waals surface area (Å²) in [4.78, 5) is 28.1. The molecule has 0 saturated heterocycles. The van der Waals surface area contributed by atoms with Crippen molar-refractivity contribution in [2.75, 3.05) is 45.9 Å². The number of hydrogen-bond acceptors (Lipinski definition) is 6. The van der Waals surface area contributed by atoms with Gasteiger partial charge in [0.05, 0.1) is 6.61 Å². The summed E-state index contributed by atoms with van der Waals surface area (Å²) < 4.78 is 4.20. The Morgan fingerprint density at radius 1 is 0.939 bits per heavy atom. The molecule has 33 heavy (non-hydrogen) atoms. The van der Waals surface area contributed by atoms with Crippen molar-refractivity contribution in [3.63, 3.8) is 0 Å². The van der Waals surface area contributed by atoms with Crippen LogP contribution < -0.4 is 5.32 Å². The zero-order valence-electron chi connectivity index (χ0n) is 21.0. The Hall–Kier alpha value is -0.890. The number of carbonyl (C=O) groups excluding carboxylic acids is 2. The molecule has 0 radical (unpaired) electrons. The molecule has 0 aromatic rings. The molecule has 8 heteroatoms. The molecule has 0 bridgehead atoms. The van der Waals surface area contributed by atoms with Crippen molar-refractivity contribution in [3.05, 3.63) is 0 Å². The summed E-state index contributed by atoms with van der Waals surface area (Å²) in [6, 6.07) is 0.616. The second-order valence-electron chi connectivity index (χ2n) is 9.81. The van der Waals surface area contributed by atoms with Gasteiger partial charge in [-0.05, 0) is 57.5 Å². The number of unbranched alkanes of at least 4 members (excludes halogenated alkanes) is 4. The van der Waals surface area contributed by atoms with Crippen LogP contribution in [0.1, 0.15) is 90.9 Å². The monoisotopic (exact) mass is 489 g/mol. The lowest BCUT2D eigenvalue weighted by molar-refractivity contribution is -0.134. The van der Waals surface area contributed by atoms with E-state index >= 15 is 0 Å². The number of rotatable bonds is 20. The van der Waals surface area contributed by atoms with Crippen molar-refractivity contribution in [3.8, 4) is 0 Å². The third-order valence-corrected chi connectivity index (χ3v) is 6.63. The van der Waals surface area contributed by atoms with Crippen LogP contribution in [0.15, 0.2) is 0 Å². The van der Waals surface area contributed by atoms with Crippen LogP contribution in [0.3, 0.4) is 0 Å². The van der Waals surface area contributed by atoms with E-state index in [0.717, 1.165) is 77.8 Å². The van der Waals surface area contributed by atoms with Crippen molar-refractivity contribution < 1.29 is 19.0 Å². The van der Waals surface area contributed by atoms with Crippen LogP contribution >= 0.6 is 11.9 Å². The summed E-state index contributed by atoms with van der Waals surface area (Å²) in [6.45, 7) is 9.94. The maximum atomic E-state index is 11.9. The SMILES string of the molecule is CC(C)CNC(=O)CCCCCN(CCCCCC(=O)OCl)CCN(CCO)C1CCCC1. The van der Waals surface area contributed by atoms with Crippen molar-refractivity contribution >= 4 is 23.7 Å². The number of carbonyl (C=O) groups is 2. The molecule has 194 valence electrons. The molecule has 1 saturated carbocycles. The average molecular weight is 490 g/mol. The van der Waals surface area contributed by atoms with Crippen LogP contribution in [0.4, 0.5) is 0 Å². The Labute approximate surface area is 206 Å². The second kappa shape index (κ2) is 19.4. The molecule has 1 aliphatic carbocycles. The van der Waals surface area contributed by atoms with E-state index in [9.17, 15) is 14.7 Å². The first-order chi connectivity index (χ1) is 16.0. The van der Waals surface area contributed by atoms with E-state index in [0.29, 0.717) is 24.8 Å². The van der Waals surface area contributed by atoms with Gasteiger partial charge in [-0.15, -0.1) is 0 Å². The van der Waals surface area contributed by atoms with E-state index in [-0.39, 0.29) is 18.5 Å². The molecule has 0 heterocycles. The molecule has 2 N–H and O–H groups in total. The summed E-state index contributed by atoms with van der Waals surface area (Å²) in [5, 5.41) is 12.5. The Balaban J connectivity index is 2.37. The van der Waals surface area contributed by atoms with Crippen molar-refractivity contribution in [2.45, 2.75) is 96.9 Å². The maximum Gasteiger partial charge on any atom is 0.324 e. The zero-order chi connectivity index (χ0) is 24.3. The van der Waals surface area contributed by atoms with Crippen LogP contribution in [0.5, 0.6) is 0 Å². The van der Waals surface area contributed by atoms with E-state index in [2.05, 4.69) is 33.3 Å². The fourth-order valence-corrected chi connectivity index (χ4v) is 4.58. The summed E-state index contributed by atoms with van der Waals surface area (Å²) in [6.07, 6.45) is 11.9. The minimum Gasteiger partial charge on any atom is -0.395 e. The number of aliphatic hydroxyl groups is 1. The van der Waals surface area contributed by atoms with Gasteiger partial charge in [-0.3, -0.25) is 14.5 Å². The van der Waals surface area contributed by atoms with E-state index in [1.54, 1.807) is 0 Å². The van der Waals surface area contributed by atoms with Gasteiger partial charge in [-0.1, -0.05) is 39.5 Å². The van der Waals surface area contributed by atoms with E-state index in [1.165, 1.54) is 25.7 Å². The molecule has 1 amide bonds. The van der Waals surface area contributed by atoms with Crippen molar-refractivity contribution in [2.24, 2.45) is 5.92 Å². The normalized spacial score (nSPS) is 14.5. The van der Waals surface area contributed by atoms with Crippen LogP contribution in [-0.2, 0) is 13.9 Å². The lowest BCUT2D eigenvalue weighted by Gasteiger charge is -2.31. The number of amides is 1. The standard InChI is InChI=1S/C25H48ClN3O4/c1-22(2)21-27-24(31)13-5-3-9-15-28(16-10-4-6-14-25(32)33-26)17-18-29(19-20-30)23-11-7-8-12-23/h22-23,30H,3-21H2,1-2H3,(H,27,31). The first-order valence-electron chi connectivity index (χ1n) is 13.1. The van der Waals surface area contributed by atoms with Gasteiger partial charge in [-0.25, -0.2) is 0 Å². The van der Waals surface area contributed by atoms with Gasteiger partial charge >= 0.3 is 5.97 Å². The topological polar surface area (TPSA) is 82.1 Å². The maximum absolute atomic E-state index is 11.9. The molecule has 1 aliphatic rings. The first kappa shape index (κ1) is 30.1. The van der Waals surface area contributed by atoms with E-state index in [1.807, 2.05) is 0 Å². The predicted molar refractivity (Wildman–Crippen MR) is 134 cm³/mol. The third kappa shape index (κ3) is 15.6. The quantitative estimate of drug-likeness (QED) is 0.250. The van der Waals surface area contributed by atoms with E-state index in [4.69, 9.17) is 11.9 Å². The number of halogens is 1. The molecular formula is C25H48ClN3O4. The van der Waals surface area contributed by atoms with Gasteiger partial charge in [0.1, 0.15) is 11.9 Å². The van der Waals surface area contributed by atoms with E-state index < -0.39 is 0 Å². The molecule has 0 aromatic carbocycles. The van der Waals surface area contributed by atoms with Crippen LogP contribution in [0.2, 0.25) is 0 Å². The molecule has 0 aliphatic heterocycles. The molecular weight excluding hydrogens is 442 g/mol. The Bertz CT molecular complexity index is 516. The lowest BCUT2D eigenvalue weighted by atomic mass is 10.1. The van der Waals surface area contributed by atoms with Crippen molar-refractivity contribution in [1.29, 1.82) is 0 Å². The van der Waals surface area contributed by atoms with Gasteiger partial charge < -0.3 is 19.6 Å². The van der Waals surface area contributed by atoms with Gasteiger partial charge in [-0.2, -0.15) is 0 Å². The van der Waals surface area contributed by atoms with Gasteiger partial charge in [0, 0.05) is 45.1 Å². The number of hydrogen-bond donors (Lipinski definition) is 2. The van der Waals surface area contributed by atoms with Gasteiger partial charge in [0.2, 0.25) is 5.91 Å².